The van der Waals surface area contributed by atoms with Gasteiger partial charge in [-0.15, -0.1) is 0 Å². The number of hydrogen-bond donors (Lipinski definition) is 1. The summed E-state index contributed by atoms with van der Waals surface area (Å²) in [5.74, 6) is -0.968. The van der Waals surface area contributed by atoms with Crippen molar-refractivity contribution in [2.24, 2.45) is 0 Å². The van der Waals surface area contributed by atoms with E-state index in [0.717, 1.165) is 10.5 Å². The Morgan fingerprint density at radius 3 is 2.35 bits per heavy atom. The van der Waals surface area contributed by atoms with Gasteiger partial charge in [0.2, 0.25) is 0 Å². The summed E-state index contributed by atoms with van der Waals surface area (Å²) in [7, 11) is 0. The Bertz CT molecular complexity index is 596. The van der Waals surface area contributed by atoms with Crippen molar-refractivity contribution in [3.63, 3.8) is 0 Å². The number of nitrogens with zero attached hydrogens (tertiary/aromatic N) is 1. The van der Waals surface area contributed by atoms with Gasteiger partial charge in [0.05, 0.1) is 0 Å². The van der Waals surface area contributed by atoms with E-state index in [2.05, 4.69) is 5.32 Å². The Morgan fingerprint density at radius 1 is 1.22 bits per heavy atom. The van der Waals surface area contributed by atoms with Crippen molar-refractivity contribution in [3.8, 4) is 0 Å². The summed E-state index contributed by atoms with van der Waals surface area (Å²) < 4.78 is 5.32. The van der Waals surface area contributed by atoms with Crippen LogP contribution >= 0.6 is 0 Å². The SMILES string of the molecule is CCC1(CC)NC(=O)N(CC(=O)O[C@H](C)c2ccccc2)C1=O. The number of imide groups is 1. The smallest absolute Gasteiger partial charge is 0.326 e. The lowest BCUT2D eigenvalue weighted by atomic mass is 9.93. The molecular formula is C17H22N2O4. The molecule has 6 heteroatoms. The van der Waals surface area contributed by atoms with Crippen LogP contribution in [-0.4, -0.2) is 34.9 Å². The Labute approximate surface area is 135 Å². The summed E-state index contributed by atoms with van der Waals surface area (Å²) >= 11 is 0. The molecule has 1 N–H and O–H groups in total. The maximum absolute atomic E-state index is 12.4. The van der Waals surface area contributed by atoms with Crippen LogP contribution in [0, 0.1) is 0 Å². The molecule has 0 radical (unpaired) electrons. The van der Waals surface area contributed by atoms with Crippen molar-refractivity contribution in [1.29, 1.82) is 0 Å². The molecule has 0 aromatic heterocycles. The normalized spacial score (nSPS) is 17.8. The molecule has 1 aliphatic rings. The van der Waals surface area contributed by atoms with E-state index in [-0.39, 0.29) is 12.5 Å². The van der Waals surface area contributed by atoms with Crippen molar-refractivity contribution in [3.05, 3.63) is 35.9 Å². The molecule has 0 aliphatic carbocycles. The topological polar surface area (TPSA) is 75.7 Å². The van der Waals surface area contributed by atoms with Gasteiger partial charge in [-0.25, -0.2) is 4.79 Å². The van der Waals surface area contributed by atoms with E-state index in [1.807, 2.05) is 44.2 Å². The van der Waals surface area contributed by atoms with Gasteiger partial charge in [0.25, 0.3) is 5.91 Å². The second-order valence-electron chi connectivity index (χ2n) is 5.65. The number of urea groups is 1. The van der Waals surface area contributed by atoms with Crippen LogP contribution in [0.4, 0.5) is 4.79 Å². The zero-order valence-electron chi connectivity index (χ0n) is 13.7. The van der Waals surface area contributed by atoms with Crippen LogP contribution in [0.3, 0.4) is 0 Å². The molecule has 124 valence electrons. The maximum atomic E-state index is 12.4. The van der Waals surface area contributed by atoms with Crippen molar-refractivity contribution < 1.29 is 19.1 Å². The highest BCUT2D eigenvalue weighted by molar-refractivity contribution is 6.08. The first-order valence-corrected chi connectivity index (χ1v) is 7.82. The molecule has 0 saturated carbocycles. The van der Waals surface area contributed by atoms with E-state index in [9.17, 15) is 14.4 Å². The lowest BCUT2D eigenvalue weighted by Gasteiger charge is -2.23. The fourth-order valence-corrected chi connectivity index (χ4v) is 2.70. The van der Waals surface area contributed by atoms with E-state index in [0.29, 0.717) is 12.8 Å². The molecule has 0 spiro atoms. The summed E-state index contributed by atoms with van der Waals surface area (Å²) in [4.78, 5) is 37.4. The number of carbonyl (C=O) groups is 3. The molecular weight excluding hydrogens is 296 g/mol. The predicted octanol–water partition coefficient (Wildman–Crippen LogP) is 2.40. The lowest BCUT2D eigenvalue weighted by Crippen LogP contribution is -2.46. The quantitative estimate of drug-likeness (QED) is 0.645. The molecule has 1 saturated heterocycles. The third kappa shape index (κ3) is 3.36. The van der Waals surface area contributed by atoms with Crippen molar-refractivity contribution >= 4 is 17.9 Å². The van der Waals surface area contributed by atoms with E-state index < -0.39 is 23.6 Å². The van der Waals surface area contributed by atoms with Gasteiger partial charge in [-0.3, -0.25) is 14.5 Å². The van der Waals surface area contributed by atoms with Gasteiger partial charge in [-0.2, -0.15) is 0 Å². The van der Waals surface area contributed by atoms with Gasteiger partial charge in [-0.05, 0) is 25.3 Å². The highest BCUT2D eigenvalue weighted by atomic mass is 16.5. The van der Waals surface area contributed by atoms with Gasteiger partial charge >= 0.3 is 12.0 Å². The Morgan fingerprint density at radius 2 is 1.83 bits per heavy atom. The van der Waals surface area contributed by atoms with Crippen LogP contribution in [0.15, 0.2) is 30.3 Å². The van der Waals surface area contributed by atoms with E-state index >= 15 is 0 Å². The first-order valence-electron chi connectivity index (χ1n) is 7.82. The van der Waals surface area contributed by atoms with Crippen LogP contribution in [0.25, 0.3) is 0 Å². The molecule has 6 nitrogen and oxygen atoms in total. The maximum Gasteiger partial charge on any atom is 0.326 e. The minimum absolute atomic E-state index is 0.364. The summed E-state index contributed by atoms with van der Waals surface area (Å²) in [6.45, 7) is 5.05. The molecule has 1 aliphatic heterocycles. The van der Waals surface area contributed by atoms with Gasteiger partial charge < -0.3 is 10.1 Å². The van der Waals surface area contributed by atoms with Gasteiger partial charge in [0.15, 0.2) is 0 Å². The second-order valence-corrected chi connectivity index (χ2v) is 5.65. The van der Waals surface area contributed by atoms with Crippen LogP contribution in [0.2, 0.25) is 0 Å². The Kier molecular flexibility index (Phi) is 5.03. The Balaban J connectivity index is 2.00. The van der Waals surface area contributed by atoms with E-state index in [1.54, 1.807) is 6.92 Å². The Hall–Kier alpha value is -2.37. The van der Waals surface area contributed by atoms with Crippen molar-refractivity contribution in [2.75, 3.05) is 6.54 Å². The highest BCUT2D eigenvalue weighted by Crippen LogP contribution is 2.25. The molecule has 23 heavy (non-hydrogen) atoms. The molecule has 1 aromatic carbocycles. The fourth-order valence-electron chi connectivity index (χ4n) is 2.70. The average Bonchev–Trinajstić information content (AvgIpc) is 2.80. The zero-order valence-corrected chi connectivity index (χ0v) is 13.7. The average molecular weight is 318 g/mol. The van der Waals surface area contributed by atoms with Crippen LogP contribution in [-0.2, 0) is 14.3 Å². The molecule has 1 fully saturated rings. The highest BCUT2D eigenvalue weighted by Gasteiger charge is 2.49. The fraction of sp³-hybridized carbons (Fsp3) is 0.471. The number of nitrogens with one attached hydrogen (secondary N) is 1. The van der Waals surface area contributed by atoms with Gasteiger partial charge in [0, 0.05) is 0 Å². The minimum Gasteiger partial charge on any atom is -0.456 e. The summed E-state index contributed by atoms with van der Waals surface area (Å²) in [5.41, 5.74) is -0.0444. The monoisotopic (exact) mass is 318 g/mol. The third-order valence-corrected chi connectivity index (χ3v) is 4.32. The minimum atomic E-state index is -0.900. The van der Waals surface area contributed by atoms with E-state index in [1.165, 1.54) is 0 Å². The largest absolute Gasteiger partial charge is 0.456 e. The molecule has 3 amide bonds. The number of ether oxygens (including phenoxy) is 1. The van der Waals surface area contributed by atoms with Crippen LogP contribution in [0.1, 0.15) is 45.3 Å². The lowest BCUT2D eigenvalue weighted by molar-refractivity contribution is -0.152. The van der Waals surface area contributed by atoms with Gasteiger partial charge in [-0.1, -0.05) is 44.2 Å². The molecule has 0 bridgehead atoms. The molecule has 0 unspecified atom stereocenters. The standard InChI is InChI=1S/C17H22N2O4/c1-4-17(5-2)15(21)19(16(22)18-17)11-14(20)23-12(3)13-9-7-6-8-10-13/h6-10,12H,4-5,11H2,1-3H3,(H,18,22)/t12-/m1/s1. The molecule has 1 heterocycles. The first kappa shape index (κ1) is 17.0. The van der Waals surface area contributed by atoms with Crippen LogP contribution in [0.5, 0.6) is 0 Å². The number of amides is 3. The first-order chi connectivity index (χ1) is 10.9. The summed E-state index contributed by atoms with van der Waals surface area (Å²) in [6.07, 6.45) is 0.534. The number of rotatable bonds is 6. The summed E-state index contributed by atoms with van der Waals surface area (Å²) in [5, 5.41) is 2.69. The van der Waals surface area contributed by atoms with E-state index in [4.69, 9.17) is 4.74 Å². The third-order valence-electron chi connectivity index (χ3n) is 4.32. The number of carbonyl (C=O) groups excluding carboxylic acids is 3. The molecule has 1 atom stereocenters. The number of hydrogen-bond acceptors (Lipinski definition) is 4. The summed E-state index contributed by atoms with van der Waals surface area (Å²) in [6, 6.07) is 8.75. The van der Waals surface area contributed by atoms with Gasteiger partial charge in [0.1, 0.15) is 18.2 Å². The van der Waals surface area contributed by atoms with Crippen molar-refractivity contribution in [2.45, 2.75) is 45.3 Å². The number of benzene rings is 1. The van der Waals surface area contributed by atoms with Crippen LogP contribution < -0.4 is 5.32 Å². The molecule has 2 rings (SSSR count). The van der Waals surface area contributed by atoms with Crippen molar-refractivity contribution in [1.82, 2.24) is 10.2 Å². The molecule has 1 aromatic rings. The number of esters is 1. The predicted molar refractivity (Wildman–Crippen MR) is 84.5 cm³/mol. The second kappa shape index (κ2) is 6.81. The zero-order chi connectivity index (χ0) is 17.0.